The Hall–Kier alpha value is -2.26. The van der Waals surface area contributed by atoms with E-state index in [-0.39, 0.29) is 5.91 Å². The van der Waals surface area contributed by atoms with E-state index in [9.17, 15) is 4.79 Å². The lowest BCUT2D eigenvalue weighted by Crippen LogP contribution is -2.23. The molecule has 0 atom stereocenters. The molecule has 0 aliphatic rings. The number of amides is 1. The van der Waals surface area contributed by atoms with Crippen LogP contribution in [-0.4, -0.2) is 17.4 Å². The van der Waals surface area contributed by atoms with E-state index in [4.69, 9.17) is 12.8 Å². The minimum absolute atomic E-state index is 0.201. The van der Waals surface area contributed by atoms with Gasteiger partial charge in [-0.2, -0.15) is 0 Å². The van der Waals surface area contributed by atoms with Crippen molar-refractivity contribution in [2.45, 2.75) is 6.92 Å². The van der Waals surface area contributed by atoms with Crippen LogP contribution in [0.4, 0.5) is 0 Å². The molecule has 0 aliphatic heterocycles. The normalized spacial score (nSPS) is 8.73. The van der Waals surface area contributed by atoms with E-state index in [1.54, 1.807) is 0 Å². The van der Waals surface area contributed by atoms with Crippen LogP contribution in [0.3, 0.4) is 0 Å². The number of hydrogen-bond donors (Lipinski definition) is 1. The molecule has 15 heavy (non-hydrogen) atoms. The molecule has 1 amide bonds. The standard InChI is InChI=1S/C12H10N2O/c1-4-10-7-9(12(15)13-6-3)8-11(5-2)14-10/h1-2,7-8H,6H2,3H3,(H,13,15). The van der Waals surface area contributed by atoms with Gasteiger partial charge in [0.25, 0.3) is 5.91 Å². The summed E-state index contributed by atoms with van der Waals surface area (Å²) in [4.78, 5) is 15.5. The second-order valence-electron chi connectivity index (χ2n) is 2.77. The number of nitrogens with one attached hydrogen (secondary N) is 1. The van der Waals surface area contributed by atoms with Crippen molar-refractivity contribution >= 4 is 5.91 Å². The van der Waals surface area contributed by atoms with Gasteiger partial charge >= 0.3 is 0 Å². The summed E-state index contributed by atoms with van der Waals surface area (Å²) in [6, 6.07) is 3.07. The molecule has 0 radical (unpaired) electrons. The Morgan fingerprint density at radius 2 is 1.93 bits per heavy atom. The van der Waals surface area contributed by atoms with Crippen LogP contribution < -0.4 is 5.32 Å². The Kier molecular flexibility index (Phi) is 3.49. The number of carbonyl (C=O) groups excluding carboxylic acids is 1. The molecule has 1 aromatic rings. The highest BCUT2D eigenvalue weighted by atomic mass is 16.1. The zero-order valence-corrected chi connectivity index (χ0v) is 8.37. The molecule has 0 aromatic carbocycles. The third-order valence-electron chi connectivity index (χ3n) is 1.72. The largest absolute Gasteiger partial charge is 0.352 e. The fourth-order valence-electron chi connectivity index (χ4n) is 1.07. The Labute approximate surface area is 88.9 Å². The number of aromatic nitrogens is 1. The first kappa shape index (κ1) is 10.8. The van der Waals surface area contributed by atoms with Crippen molar-refractivity contribution in [2.24, 2.45) is 0 Å². The van der Waals surface area contributed by atoms with Crippen molar-refractivity contribution in [3.8, 4) is 24.7 Å². The average molecular weight is 198 g/mol. The predicted molar refractivity (Wildman–Crippen MR) is 58.1 cm³/mol. The Balaban J connectivity index is 3.15. The van der Waals surface area contributed by atoms with Gasteiger partial charge < -0.3 is 5.32 Å². The highest BCUT2D eigenvalue weighted by molar-refractivity contribution is 5.94. The van der Waals surface area contributed by atoms with Gasteiger partial charge in [0.05, 0.1) is 0 Å². The smallest absolute Gasteiger partial charge is 0.251 e. The molecule has 1 rings (SSSR count). The summed E-state index contributed by atoms with van der Waals surface area (Å²) in [5.41, 5.74) is 1.17. The van der Waals surface area contributed by atoms with E-state index >= 15 is 0 Å². The molecule has 0 aliphatic carbocycles. The van der Waals surface area contributed by atoms with Crippen LogP contribution in [0, 0.1) is 24.7 Å². The monoisotopic (exact) mass is 198 g/mol. The topological polar surface area (TPSA) is 42.0 Å². The minimum atomic E-state index is -0.201. The van der Waals surface area contributed by atoms with Gasteiger partial charge in [0, 0.05) is 12.1 Å². The Morgan fingerprint density at radius 3 is 2.33 bits per heavy atom. The van der Waals surface area contributed by atoms with E-state index in [2.05, 4.69) is 22.1 Å². The lowest BCUT2D eigenvalue weighted by atomic mass is 10.2. The molecule has 74 valence electrons. The third-order valence-corrected chi connectivity index (χ3v) is 1.72. The third kappa shape index (κ3) is 2.59. The van der Waals surface area contributed by atoms with Crippen molar-refractivity contribution in [1.29, 1.82) is 0 Å². The van der Waals surface area contributed by atoms with Crippen molar-refractivity contribution in [1.82, 2.24) is 10.3 Å². The first-order chi connectivity index (χ1) is 7.21. The molecule has 0 bridgehead atoms. The molecule has 1 aromatic heterocycles. The van der Waals surface area contributed by atoms with Crippen LogP contribution >= 0.6 is 0 Å². The highest BCUT2D eigenvalue weighted by Crippen LogP contribution is 2.04. The molecule has 0 spiro atoms. The minimum Gasteiger partial charge on any atom is -0.352 e. The lowest BCUT2D eigenvalue weighted by molar-refractivity contribution is 0.0955. The fraction of sp³-hybridized carbons (Fsp3) is 0.167. The van der Waals surface area contributed by atoms with E-state index < -0.39 is 0 Å². The molecule has 3 heteroatoms. The lowest BCUT2D eigenvalue weighted by Gasteiger charge is -2.03. The zero-order chi connectivity index (χ0) is 11.3. The van der Waals surface area contributed by atoms with Gasteiger partial charge in [-0.15, -0.1) is 12.8 Å². The molecule has 0 saturated heterocycles. The number of rotatable bonds is 2. The Morgan fingerprint density at radius 1 is 1.40 bits per heavy atom. The van der Waals surface area contributed by atoms with Gasteiger partial charge in [-0.3, -0.25) is 4.79 Å². The molecule has 0 fully saturated rings. The zero-order valence-electron chi connectivity index (χ0n) is 8.37. The van der Waals surface area contributed by atoms with Gasteiger partial charge in [-0.05, 0) is 19.1 Å². The predicted octanol–water partition coefficient (Wildman–Crippen LogP) is 0.794. The van der Waals surface area contributed by atoms with Gasteiger partial charge in [0.2, 0.25) is 0 Å². The molecule has 0 saturated carbocycles. The summed E-state index contributed by atoms with van der Waals surface area (Å²) in [5, 5.41) is 2.66. The van der Waals surface area contributed by atoms with E-state index in [0.29, 0.717) is 23.5 Å². The van der Waals surface area contributed by atoms with Crippen LogP contribution in [0.2, 0.25) is 0 Å². The molecular weight excluding hydrogens is 188 g/mol. The first-order valence-electron chi connectivity index (χ1n) is 4.44. The summed E-state index contributed by atoms with van der Waals surface area (Å²) in [7, 11) is 0. The van der Waals surface area contributed by atoms with Crippen LogP contribution in [0.1, 0.15) is 28.7 Å². The Bertz CT molecular complexity index is 431. The van der Waals surface area contributed by atoms with Gasteiger partial charge in [-0.25, -0.2) is 4.98 Å². The van der Waals surface area contributed by atoms with Crippen molar-refractivity contribution < 1.29 is 4.79 Å². The number of carbonyl (C=O) groups is 1. The quantitative estimate of drug-likeness (QED) is 0.714. The number of hydrogen-bond acceptors (Lipinski definition) is 2. The maximum Gasteiger partial charge on any atom is 0.251 e. The number of pyridine rings is 1. The van der Waals surface area contributed by atoms with Crippen LogP contribution in [0.15, 0.2) is 12.1 Å². The molecule has 0 unspecified atom stereocenters. The summed E-state index contributed by atoms with van der Waals surface area (Å²) < 4.78 is 0. The van der Waals surface area contributed by atoms with Crippen molar-refractivity contribution in [2.75, 3.05) is 6.54 Å². The van der Waals surface area contributed by atoms with Crippen LogP contribution in [-0.2, 0) is 0 Å². The SMILES string of the molecule is C#Cc1cc(C(=O)NCC)cc(C#C)n1. The second-order valence-corrected chi connectivity index (χ2v) is 2.77. The second kappa shape index (κ2) is 4.83. The molecular formula is C12H10N2O. The van der Waals surface area contributed by atoms with E-state index in [1.807, 2.05) is 6.92 Å². The van der Waals surface area contributed by atoms with Gasteiger partial charge in [0.15, 0.2) is 0 Å². The first-order valence-corrected chi connectivity index (χ1v) is 4.44. The van der Waals surface area contributed by atoms with E-state index in [1.165, 1.54) is 12.1 Å². The van der Waals surface area contributed by atoms with Crippen molar-refractivity contribution in [3.05, 3.63) is 29.1 Å². The number of terminal acetylenes is 2. The molecule has 3 nitrogen and oxygen atoms in total. The fourth-order valence-corrected chi connectivity index (χ4v) is 1.07. The van der Waals surface area contributed by atoms with Gasteiger partial charge in [0.1, 0.15) is 11.4 Å². The van der Waals surface area contributed by atoms with Crippen LogP contribution in [0.5, 0.6) is 0 Å². The summed E-state index contributed by atoms with van der Waals surface area (Å²) in [6.45, 7) is 2.39. The van der Waals surface area contributed by atoms with Gasteiger partial charge in [-0.1, -0.05) is 11.8 Å². The summed E-state index contributed by atoms with van der Waals surface area (Å²) >= 11 is 0. The maximum atomic E-state index is 11.5. The maximum absolute atomic E-state index is 11.5. The summed E-state index contributed by atoms with van der Waals surface area (Å²) in [5.74, 6) is 4.50. The highest BCUT2D eigenvalue weighted by Gasteiger charge is 2.06. The average Bonchev–Trinajstić information content (AvgIpc) is 2.28. The van der Waals surface area contributed by atoms with E-state index in [0.717, 1.165) is 0 Å². The molecule has 1 N–H and O–H groups in total. The van der Waals surface area contributed by atoms with Crippen LogP contribution in [0.25, 0.3) is 0 Å². The summed E-state index contributed by atoms with van der Waals surface area (Å²) in [6.07, 6.45) is 10.4. The molecule has 1 heterocycles. The number of nitrogens with zero attached hydrogens (tertiary/aromatic N) is 1. The van der Waals surface area contributed by atoms with Crippen molar-refractivity contribution in [3.63, 3.8) is 0 Å².